The summed E-state index contributed by atoms with van der Waals surface area (Å²) in [6.45, 7) is 4.68. The van der Waals surface area contributed by atoms with Gasteiger partial charge in [-0.15, -0.1) is 22.7 Å². The van der Waals surface area contributed by atoms with Crippen molar-refractivity contribution in [1.29, 1.82) is 0 Å². The fourth-order valence-electron chi connectivity index (χ4n) is 4.01. The summed E-state index contributed by atoms with van der Waals surface area (Å²) in [6, 6.07) is 8.31. The highest BCUT2D eigenvalue weighted by Crippen LogP contribution is 2.39. The summed E-state index contributed by atoms with van der Waals surface area (Å²) in [5, 5.41) is 8.96. The molecule has 5 aromatic heterocycles. The third-order valence-corrected chi connectivity index (χ3v) is 7.55. The second-order valence-electron chi connectivity index (χ2n) is 8.03. The van der Waals surface area contributed by atoms with Crippen LogP contribution in [0.1, 0.15) is 11.4 Å². The average Bonchev–Trinajstić information content (AvgIpc) is 3.65. The Labute approximate surface area is 204 Å². The van der Waals surface area contributed by atoms with Crippen molar-refractivity contribution < 1.29 is 4.74 Å². The van der Waals surface area contributed by atoms with Crippen LogP contribution in [0.3, 0.4) is 0 Å². The van der Waals surface area contributed by atoms with Crippen molar-refractivity contribution in [2.45, 2.75) is 13.1 Å². The first kappa shape index (κ1) is 21.4. The molecular formula is C24H23N7OS2. The quantitative estimate of drug-likeness (QED) is 0.362. The number of aromatic nitrogens is 5. The Morgan fingerprint density at radius 1 is 1.09 bits per heavy atom. The highest BCUT2D eigenvalue weighted by atomic mass is 32.1. The molecule has 0 saturated carbocycles. The highest BCUT2D eigenvalue weighted by Gasteiger charge is 2.18. The van der Waals surface area contributed by atoms with E-state index in [0.29, 0.717) is 6.54 Å². The van der Waals surface area contributed by atoms with Crippen LogP contribution in [-0.4, -0.2) is 55.7 Å². The summed E-state index contributed by atoms with van der Waals surface area (Å²) in [5.74, 6) is 2.55. The minimum Gasteiger partial charge on any atom is -0.379 e. The first-order chi connectivity index (χ1) is 16.8. The number of pyridine rings is 1. The Morgan fingerprint density at radius 2 is 2.03 bits per heavy atom. The van der Waals surface area contributed by atoms with Gasteiger partial charge < -0.3 is 10.1 Å². The number of thiophene rings is 2. The number of nitrogens with one attached hydrogen (secondary N) is 1. The fourth-order valence-corrected chi connectivity index (χ4v) is 5.79. The van der Waals surface area contributed by atoms with Gasteiger partial charge in [-0.25, -0.2) is 19.9 Å². The van der Waals surface area contributed by atoms with Gasteiger partial charge in [-0.05, 0) is 23.1 Å². The van der Waals surface area contributed by atoms with Gasteiger partial charge in [0.05, 0.1) is 25.1 Å². The van der Waals surface area contributed by atoms with Crippen molar-refractivity contribution in [3.8, 4) is 16.3 Å². The molecule has 172 valence electrons. The van der Waals surface area contributed by atoms with E-state index in [9.17, 15) is 0 Å². The molecule has 6 rings (SSSR count). The largest absolute Gasteiger partial charge is 0.379 e. The van der Waals surface area contributed by atoms with E-state index >= 15 is 0 Å². The van der Waals surface area contributed by atoms with Gasteiger partial charge in [-0.1, -0.05) is 12.1 Å². The van der Waals surface area contributed by atoms with Gasteiger partial charge >= 0.3 is 0 Å². The number of imidazole rings is 1. The van der Waals surface area contributed by atoms with E-state index in [2.05, 4.69) is 49.1 Å². The molecule has 8 nitrogen and oxygen atoms in total. The molecule has 0 spiro atoms. The number of nitrogens with zero attached hydrogens (tertiary/aromatic N) is 6. The van der Waals surface area contributed by atoms with Crippen LogP contribution in [0, 0.1) is 0 Å². The van der Waals surface area contributed by atoms with Crippen LogP contribution in [-0.2, 0) is 17.8 Å². The zero-order valence-corrected chi connectivity index (χ0v) is 20.1. The summed E-state index contributed by atoms with van der Waals surface area (Å²) in [6.07, 6.45) is 7.27. The minimum absolute atomic E-state index is 0.625. The van der Waals surface area contributed by atoms with Crippen molar-refractivity contribution >= 4 is 38.7 Å². The molecule has 1 aliphatic rings. The third kappa shape index (κ3) is 4.45. The SMILES string of the molecule is c1csc(-c2csc3nc(CN4CCOCC4)nc(NCc4ccc(-n5ccnc5)nc4)c23)c1. The van der Waals surface area contributed by atoms with Crippen LogP contribution < -0.4 is 5.32 Å². The molecule has 0 bridgehead atoms. The molecule has 10 heteroatoms. The lowest BCUT2D eigenvalue weighted by Gasteiger charge is -2.25. The maximum absolute atomic E-state index is 5.49. The summed E-state index contributed by atoms with van der Waals surface area (Å²) in [5.41, 5.74) is 2.27. The molecule has 0 amide bonds. The molecular weight excluding hydrogens is 466 g/mol. The Morgan fingerprint density at radius 3 is 2.79 bits per heavy atom. The maximum atomic E-state index is 5.49. The number of hydrogen-bond acceptors (Lipinski definition) is 9. The molecule has 1 fully saturated rings. The Balaban J connectivity index is 1.30. The smallest absolute Gasteiger partial charge is 0.146 e. The fraction of sp³-hybridized carbons (Fsp3) is 0.250. The zero-order valence-electron chi connectivity index (χ0n) is 18.4. The van der Waals surface area contributed by atoms with Crippen LogP contribution >= 0.6 is 22.7 Å². The number of fused-ring (bicyclic) bond motifs is 1. The van der Waals surface area contributed by atoms with Crippen LogP contribution in [0.4, 0.5) is 5.82 Å². The number of anilines is 1. The number of morpholine rings is 1. The van der Waals surface area contributed by atoms with Gasteiger partial charge in [0.15, 0.2) is 0 Å². The zero-order chi connectivity index (χ0) is 22.7. The average molecular weight is 490 g/mol. The molecule has 0 radical (unpaired) electrons. The van der Waals surface area contributed by atoms with Crippen LogP contribution in [0.5, 0.6) is 0 Å². The van der Waals surface area contributed by atoms with Crippen molar-refractivity contribution in [3.05, 3.63) is 71.3 Å². The van der Waals surface area contributed by atoms with E-state index in [-0.39, 0.29) is 0 Å². The highest BCUT2D eigenvalue weighted by molar-refractivity contribution is 7.18. The summed E-state index contributed by atoms with van der Waals surface area (Å²) < 4.78 is 7.38. The van der Waals surface area contributed by atoms with E-state index in [1.165, 1.54) is 10.4 Å². The van der Waals surface area contributed by atoms with E-state index < -0.39 is 0 Å². The molecule has 0 atom stereocenters. The monoisotopic (exact) mass is 489 g/mol. The Bertz CT molecular complexity index is 1360. The second-order valence-corrected chi connectivity index (χ2v) is 9.84. The predicted molar refractivity (Wildman–Crippen MR) is 136 cm³/mol. The molecule has 1 aliphatic heterocycles. The summed E-state index contributed by atoms with van der Waals surface area (Å²) in [4.78, 5) is 23.2. The molecule has 6 heterocycles. The first-order valence-electron chi connectivity index (χ1n) is 11.1. The van der Waals surface area contributed by atoms with Gasteiger partial charge in [-0.2, -0.15) is 0 Å². The van der Waals surface area contributed by atoms with Crippen LogP contribution in [0.2, 0.25) is 0 Å². The van der Waals surface area contributed by atoms with E-state index in [4.69, 9.17) is 14.7 Å². The van der Waals surface area contributed by atoms with Gasteiger partial charge in [0.2, 0.25) is 0 Å². The van der Waals surface area contributed by atoms with Gasteiger partial charge in [0, 0.05) is 54.0 Å². The lowest BCUT2D eigenvalue weighted by molar-refractivity contribution is 0.0331. The van der Waals surface area contributed by atoms with Crippen molar-refractivity contribution in [1.82, 2.24) is 29.4 Å². The number of rotatable bonds is 7. The molecule has 0 aromatic carbocycles. The predicted octanol–water partition coefficient (Wildman–Crippen LogP) is 4.44. The van der Waals surface area contributed by atoms with Crippen LogP contribution in [0.15, 0.2) is 59.9 Å². The lowest BCUT2D eigenvalue weighted by Crippen LogP contribution is -2.36. The topological polar surface area (TPSA) is 81.0 Å². The molecule has 1 N–H and O–H groups in total. The normalized spacial score (nSPS) is 14.6. The van der Waals surface area contributed by atoms with Crippen LogP contribution in [0.25, 0.3) is 26.5 Å². The molecule has 1 saturated heterocycles. The van der Waals surface area contributed by atoms with Crippen molar-refractivity contribution in [2.24, 2.45) is 0 Å². The first-order valence-corrected chi connectivity index (χ1v) is 12.9. The molecule has 34 heavy (non-hydrogen) atoms. The number of ether oxygens (including phenoxy) is 1. The van der Waals surface area contributed by atoms with Gasteiger partial charge in [0.25, 0.3) is 0 Å². The Kier molecular flexibility index (Phi) is 6.02. The van der Waals surface area contributed by atoms with Gasteiger partial charge in [-0.3, -0.25) is 9.47 Å². The Hall–Kier alpha value is -3.18. The number of hydrogen-bond donors (Lipinski definition) is 1. The third-order valence-electron chi connectivity index (χ3n) is 5.77. The molecule has 0 unspecified atom stereocenters. The van der Waals surface area contributed by atoms with Crippen molar-refractivity contribution in [2.75, 3.05) is 31.6 Å². The van der Waals surface area contributed by atoms with E-state index in [0.717, 1.165) is 66.1 Å². The van der Waals surface area contributed by atoms with Crippen molar-refractivity contribution in [3.63, 3.8) is 0 Å². The molecule has 5 aromatic rings. The van der Waals surface area contributed by atoms with E-state index in [1.54, 1.807) is 35.2 Å². The lowest BCUT2D eigenvalue weighted by atomic mass is 10.2. The minimum atomic E-state index is 0.625. The summed E-state index contributed by atoms with van der Waals surface area (Å²) >= 11 is 3.41. The second kappa shape index (κ2) is 9.59. The van der Waals surface area contributed by atoms with Gasteiger partial charge in [0.1, 0.15) is 28.6 Å². The standard InChI is InChI=1S/C24H23N7OS2/c1-2-19(33-11-1)18-15-34-24-22(18)23(28-20(29-24)14-30-7-9-32-10-8-30)27-13-17-3-4-21(26-12-17)31-6-5-25-16-31/h1-6,11-12,15-16H,7-10,13-14H2,(H,27,28,29). The maximum Gasteiger partial charge on any atom is 0.146 e. The summed E-state index contributed by atoms with van der Waals surface area (Å²) in [7, 11) is 0. The molecule has 0 aliphatic carbocycles. The van der Waals surface area contributed by atoms with E-state index in [1.807, 2.05) is 23.0 Å².